The molecule has 2 aromatic heterocycles. The Kier molecular flexibility index (Phi) is 6.49. The van der Waals surface area contributed by atoms with Crippen molar-refractivity contribution in [3.63, 3.8) is 0 Å². The second-order valence-corrected chi connectivity index (χ2v) is 9.10. The van der Waals surface area contributed by atoms with Crippen LogP contribution in [0.5, 0.6) is 0 Å². The maximum Gasteiger partial charge on any atom is 0.289 e. The summed E-state index contributed by atoms with van der Waals surface area (Å²) >= 11 is 5.97. The van der Waals surface area contributed by atoms with Crippen LogP contribution in [0.25, 0.3) is 11.3 Å². The third-order valence-corrected chi connectivity index (χ3v) is 6.75. The molecule has 0 saturated carbocycles. The Morgan fingerprint density at radius 3 is 2.35 bits per heavy atom. The highest BCUT2D eigenvalue weighted by atomic mass is 35.5. The van der Waals surface area contributed by atoms with Crippen molar-refractivity contribution in [2.75, 3.05) is 44.2 Å². The van der Waals surface area contributed by atoms with Gasteiger partial charge in [0.15, 0.2) is 11.6 Å². The minimum atomic E-state index is -0.124. The van der Waals surface area contributed by atoms with Crippen LogP contribution in [0.2, 0.25) is 5.02 Å². The van der Waals surface area contributed by atoms with E-state index in [0.717, 1.165) is 36.5 Å². The summed E-state index contributed by atoms with van der Waals surface area (Å²) in [5, 5.41) is 9.49. The monoisotopic (exact) mass is 479 g/mol. The van der Waals surface area contributed by atoms with E-state index in [1.807, 2.05) is 41.3 Å². The minimum Gasteiger partial charge on any atom is -0.459 e. The molecule has 2 aliphatic heterocycles. The fraction of sp³-hybridized carbons (Fsp3) is 0.360. The van der Waals surface area contributed by atoms with Crippen LogP contribution in [0, 0.1) is 5.92 Å². The van der Waals surface area contributed by atoms with Gasteiger partial charge in [-0.05, 0) is 49.2 Å². The third-order valence-electron chi connectivity index (χ3n) is 6.50. The van der Waals surface area contributed by atoms with Crippen LogP contribution in [-0.4, -0.2) is 71.1 Å². The topological polar surface area (TPSA) is 82.8 Å². The number of carbonyl (C=O) groups excluding carboxylic acids is 2. The second-order valence-electron chi connectivity index (χ2n) is 8.66. The van der Waals surface area contributed by atoms with Gasteiger partial charge in [0.05, 0.1) is 17.9 Å². The summed E-state index contributed by atoms with van der Waals surface area (Å²) in [6, 6.07) is 14.8. The van der Waals surface area contributed by atoms with E-state index >= 15 is 0 Å². The lowest BCUT2D eigenvalue weighted by molar-refractivity contribution is -0.137. The van der Waals surface area contributed by atoms with Crippen molar-refractivity contribution in [1.82, 2.24) is 20.0 Å². The molecule has 2 fully saturated rings. The number of carbonyl (C=O) groups is 2. The Bertz CT molecular complexity index is 1130. The van der Waals surface area contributed by atoms with Gasteiger partial charge in [-0.2, -0.15) is 0 Å². The zero-order chi connectivity index (χ0) is 23.5. The lowest BCUT2D eigenvalue weighted by Crippen LogP contribution is -2.53. The van der Waals surface area contributed by atoms with E-state index in [-0.39, 0.29) is 17.7 Å². The van der Waals surface area contributed by atoms with Crippen LogP contribution in [0.3, 0.4) is 0 Å². The van der Waals surface area contributed by atoms with E-state index in [0.29, 0.717) is 43.5 Å². The normalized spacial score (nSPS) is 18.7. The minimum absolute atomic E-state index is 0.0844. The number of hydrogen-bond acceptors (Lipinski definition) is 6. The Morgan fingerprint density at radius 1 is 0.912 bits per heavy atom. The van der Waals surface area contributed by atoms with Gasteiger partial charge in [0.25, 0.3) is 5.91 Å². The number of amides is 2. The van der Waals surface area contributed by atoms with E-state index in [4.69, 9.17) is 16.0 Å². The Hall–Kier alpha value is -3.39. The molecule has 2 aliphatic rings. The summed E-state index contributed by atoms with van der Waals surface area (Å²) in [6.45, 7) is 3.58. The summed E-state index contributed by atoms with van der Waals surface area (Å²) < 4.78 is 5.22. The summed E-state index contributed by atoms with van der Waals surface area (Å²) in [7, 11) is 0. The largest absolute Gasteiger partial charge is 0.459 e. The summed E-state index contributed by atoms with van der Waals surface area (Å²) in [4.78, 5) is 31.5. The Balaban J connectivity index is 1.18. The zero-order valence-corrected chi connectivity index (χ0v) is 19.5. The molecule has 3 aromatic rings. The molecule has 0 bridgehead atoms. The molecule has 0 aliphatic carbocycles. The molecule has 1 atom stereocenters. The van der Waals surface area contributed by atoms with Crippen molar-refractivity contribution >= 4 is 29.2 Å². The van der Waals surface area contributed by atoms with Gasteiger partial charge in [0.2, 0.25) is 5.91 Å². The van der Waals surface area contributed by atoms with E-state index < -0.39 is 0 Å². The molecule has 0 radical (unpaired) electrons. The molecule has 9 heteroatoms. The first kappa shape index (κ1) is 22.4. The van der Waals surface area contributed by atoms with Gasteiger partial charge >= 0.3 is 0 Å². The molecule has 34 heavy (non-hydrogen) atoms. The lowest BCUT2D eigenvalue weighted by Gasteiger charge is -2.39. The first-order valence-corrected chi connectivity index (χ1v) is 11.9. The Labute approximate surface area is 203 Å². The van der Waals surface area contributed by atoms with Gasteiger partial charge in [0, 0.05) is 49.9 Å². The van der Waals surface area contributed by atoms with E-state index in [9.17, 15) is 9.59 Å². The van der Waals surface area contributed by atoms with Crippen molar-refractivity contribution < 1.29 is 14.0 Å². The zero-order valence-electron chi connectivity index (χ0n) is 18.8. The standard InChI is InChI=1S/C25H26ClN5O3/c26-20-7-5-18(6-8-20)21-9-10-23(28-27-21)31-11-1-3-19(17-31)24(32)29-12-14-30(15-13-29)25(33)22-4-2-16-34-22/h2,4-10,16,19H,1,3,11-15,17H2/t19-/m0/s1. The molecule has 0 spiro atoms. The van der Waals surface area contributed by atoms with E-state index in [1.54, 1.807) is 17.0 Å². The highest BCUT2D eigenvalue weighted by Crippen LogP contribution is 2.25. The predicted octanol–water partition coefficient (Wildman–Crippen LogP) is 3.59. The number of aromatic nitrogens is 2. The molecule has 0 unspecified atom stereocenters. The summed E-state index contributed by atoms with van der Waals surface area (Å²) in [5.41, 5.74) is 1.74. The van der Waals surface area contributed by atoms with Crippen molar-refractivity contribution in [3.8, 4) is 11.3 Å². The number of hydrogen-bond donors (Lipinski definition) is 0. The van der Waals surface area contributed by atoms with E-state index in [2.05, 4.69) is 15.1 Å². The number of nitrogens with zero attached hydrogens (tertiary/aromatic N) is 5. The first-order chi connectivity index (χ1) is 16.6. The number of benzene rings is 1. The third kappa shape index (κ3) is 4.77. The average molecular weight is 480 g/mol. The summed E-state index contributed by atoms with van der Waals surface area (Å²) in [5.74, 6) is 1.07. The maximum absolute atomic E-state index is 13.2. The second kappa shape index (κ2) is 9.85. The quantitative estimate of drug-likeness (QED) is 0.568. The molecule has 176 valence electrons. The molecule has 2 amide bonds. The van der Waals surface area contributed by atoms with Crippen LogP contribution >= 0.6 is 11.6 Å². The van der Waals surface area contributed by atoms with Crippen LogP contribution in [0.15, 0.2) is 59.2 Å². The number of rotatable bonds is 4. The lowest BCUT2D eigenvalue weighted by atomic mass is 9.96. The fourth-order valence-corrected chi connectivity index (χ4v) is 4.73. The van der Waals surface area contributed by atoms with Crippen LogP contribution < -0.4 is 4.90 Å². The van der Waals surface area contributed by atoms with Gasteiger partial charge < -0.3 is 19.1 Å². The van der Waals surface area contributed by atoms with Crippen molar-refractivity contribution in [2.45, 2.75) is 12.8 Å². The molecule has 2 saturated heterocycles. The van der Waals surface area contributed by atoms with Crippen molar-refractivity contribution in [2.24, 2.45) is 5.92 Å². The van der Waals surface area contributed by atoms with E-state index in [1.165, 1.54) is 6.26 Å². The number of furan rings is 1. The van der Waals surface area contributed by atoms with Gasteiger partial charge in [-0.25, -0.2) is 0 Å². The molecule has 8 nitrogen and oxygen atoms in total. The number of piperazine rings is 1. The molecular weight excluding hydrogens is 454 g/mol. The molecule has 5 rings (SSSR count). The SMILES string of the molecule is O=C(c1ccco1)N1CCN(C(=O)[C@H]2CCCN(c3ccc(-c4ccc(Cl)cc4)nn3)C2)CC1. The van der Waals surface area contributed by atoms with Crippen LogP contribution in [0.4, 0.5) is 5.82 Å². The van der Waals surface area contributed by atoms with Crippen molar-refractivity contribution in [3.05, 3.63) is 65.6 Å². The number of anilines is 1. The molecule has 4 heterocycles. The van der Waals surface area contributed by atoms with Crippen molar-refractivity contribution in [1.29, 1.82) is 0 Å². The average Bonchev–Trinajstić information content (AvgIpc) is 3.44. The smallest absolute Gasteiger partial charge is 0.289 e. The van der Waals surface area contributed by atoms with Gasteiger partial charge in [-0.3, -0.25) is 9.59 Å². The molecule has 0 N–H and O–H groups in total. The number of piperidine rings is 1. The van der Waals surface area contributed by atoms with Crippen LogP contribution in [0.1, 0.15) is 23.4 Å². The van der Waals surface area contributed by atoms with Gasteiger partial charge in [-0.15, -0.1) is 10.2 Å². The summed E-state index contributed by atoms with van der Waals surface area (Å²) in [6.07, 6.45) is 3.28. The first-order valence-electron chi connectivity index (χ1n) is 11.5. The highest BCUT2D eigenvalue weighted by Gasteiger charge is 2.33. The highest BCUT2D eigenvalue weighted by molar-refractivity contribution is 6.30. The fourth-order valence-electron chi connectivity index (χ4n) is 4.60. The maximum atomic E-state index is 13.2. The Morgan fingerprint density at radius 2 is 1.68 bits per heavy atom. The van der Waals surface area contributed by atoms with Crippen LogP contribution in [-0.2, 0) is 4.79 Å². The molecule has 1 aromatic carbocycles. The number of halogens is 1. The van der Waals surface area contributed by atoms with Gasteiger partial charge in [-0.1, -0.05) is 23.7 Å². The molecular formula is C25H26ClN5O3. The predicted molar refractivity (Wildman–Crippen MR) is 129 cm³/mol. The van der Waals surface area contributed by atoms with Gasteiger partial charge in [0.1, 0.15) is 0 Å².